The summed E-state index contributed by atoms with van der Waals surface area (Å²) in [5, 5.41) is 27.9. The lowest BCUT2D eigenvalue weighted by molar-refractivity contribution is -0.0000317. The molecule has 4 nitrogen and oxygen atoms in total. The number of methoxy groups -OCH3 is 1. The summed E-state index contributed by atoms with van der Waals surface area (Å²) in [7, 11) is 1.81. The molecule has 1 aliphatic rings. The number of ether oxygens (including phenoxy) is 1. The Bertz CT molecular complexity index is 172. The van der Waals surface area contributed by atoms with Crippen LogP contribution in [-0.2, 0) is 15.6 Å². The van der Waals surface area contributed by atoms with Gasteiger partial charge in [0.25, 0.3) is 0 Å². The summed E-state index contributed by atoms with van der Waals surface area (Å²) in [6.45, 7) is 0.445. The zero-order valence-corrected chi connectivity index (χ0v) is 10.4. The number of aliphatic hydroxyl groups excluding tert-OH is 3. The third-order valence-corrected chi connectivity index (χ3v) is 5.00. The summed E-state index contributed by atoms with van der Waals surface area (Å²) in [4.78, 5) is 0. The van der Waals surface area contributed by atoms with Crippen LogP contribution in [0.15, 0.2) is 0 Å². The number of hydrogen-bond donors (Lipinski definition) is 3. The molecule has 0 radical (unpaired) electrons. The lowest BCUT2D eigenvalue weighted by Gasteiger charge is -2.14. The molecule has 15 heavy (non-hydrogen) atoms. The van der Waals surface area contributed by atoms with Crippen LogP contribution in [-0.4, -0.2) is 65.1 Å². The average Bonchev–Trinajstić information content (AvgIpc) is 2.55. The van der Waals surface area contributed by atoms with Crippen LogP contribution in [0.4, 0.5) is 0 Å². The molecule has 4 atom stereocenters. The van der Waals surface area contributed by atoms with Gasteiger partial charge in [0.05, 0.1) is 25.2 Å². The van der Waals surface area contributed by atoms with Crippen molar-refractivity contribution < 1.29 is 32.5 Å². The summed E-state index contributed by atoms with van der Waals surface area (Å²) in [5.74, 6) is 2.35. The van der Waals surface area contributed by atoms with Crippen LogP contribution >= 0.6 is 0 Å². The number of halogens is 1. The van der Waals surface area contributed by atoms with Crippen LogP contribution in [0.25, 0.3) is 0 Å². The fraction of sp³-hybridized carbons (Fsp3) is 1.00. The molecule has 1 unspecified atom stereocenters. The molecule has 0 aromatic carbocycles. The van der Waals surface area contributed by atoms with Gasteiger partial charge < -0.3 is 32.5 Å². The molecule has 0 aromatic rings. The van der Waals surface area contributed by atoms with Crippen molar-refractivity contribution in [3.8, 4) is 0 Å². The number of aliphatic hydroxyl groups is 3. The van der Waals surface area contributed by atoms with E-state index in [1.807, 2.05) is 0 Å². The van der Waals surface area contributed by atoms with Crippen molar-refractivity contribution in [2.24, 2.45) is 5.92 Å². The van der Waals surface area contributed by atoms with E-state index in [9.17, 15) is 10.2 Å². The highest BCUT2D eigenvalue weighted by molar-refractivity contribution is 7.97. The molecule has 0 aromatic heterocycles. The Labute approximate surface area is 99.4 Å². The lowest BCUT2D eigenvalue weighted by Crippen LogP contribution is -3.00. The SMILES string of the molecule is COCC[S+]1C[C@H]([C@H](O)CO)[C@H](O)C1.[Cl-]. The first-order valence-corrected chi connectivity index (χ1v) is 6.52. The van der Waals surface area contributed by atoms with E-state index in [4.69, 9.17) is 9.84 Å². The maximum atomic E-state index is 9.66. The lowest BCUT2D eigenvalue weighted by atomic mass is 10.0. The van der Waals surface area contributed by atoms with Gasteiger partial charge >= 0.3 is 0 Å². The predicted octanol–water partition coefficient (Wildman–Crippen LogP) is -4.40. The minimum atomic E-state index is -0.773. The van der Waals surface area contributed by atoms with Crippen molar-refractivity contribution in [1.82, 2.24) is 0 Å². The fourth-order valence-corrected chi connectivity index (χ4v) is 4.28. The summed E-state index contributed by atoms with van der Waals surface area (Å²) in [6.07, 6.45) is -1.23. The van der Waals surface area contributed by atoms with Crippen molar-refractivity contribution in [3.63, 3.8) is 0 Å². The molecule has 6 heteroatoms. The molecule has 0 aliphatic carbocycles. The van der Waals surface area contributed by atoms with Crippen molar-refractivity contribution >= 4 is 10.9 Å². The highest BCUT2D eigenvalue weighted by atomic mass is 35.5. The zero-order valence-electron chi connectivity index (χ0n) is 8.80. The maximum Gasteiger partial charge on any atom is 0.134 e. The first-order chi connectivity index (χ1) is 6.69. The quantitative estimate of drug-likeness (QED) is 0.436. The van der Waals surface area contributed by atoms with E-state index in [1.165, 1.54) is 0 Å². The second-order valence-electron chi connectivity index (χ2n) is 3.62. The predicted molar refractivity (Wildman–Crippen MR) is 56.4 cm³/mol. The molecule has 1 rings (SSSR count). The Balaban J connectivity index is 0.00000196. The van der Waals surface area contributed by atoms with Gasteiger partial charge in [-0.3, -0.25) is 0 Å². The highest BCUT2D eigenvalue weighted by Gasteiger charge is 2.43. The van der Waals surface area contributed by atoms with Gasteiger partial charge in [0.15, 0.2) is 0 Å². The van der Waals surface area contributed by atoms with Crippen molar-refractivity contribution in [1.29, 1.82) is 0 Å². The van der Waals surface area contributed by atoms with Gasteiger partial charge in [-0.15, -0.1) is 0 Å². The van der Waals surface area contributed by atoms with Gasteiger partial charge in [0, 0.05) is 7.11 Å². The van der Waals surface area contributed by atoms with Crippen LogP contribution in [0.5, 0.6) is 0 Å². The standard InChI is InChI=1S/C9H19O4S.ClH/c1-13-2-3-14-5-7(8(11)4-10)9(12)6-14;/h7-12H,2-6H2,1H3;1H/q+1;/p-1/t7-,8-,9-,14?;/m1./s1. The molecule has 0 saturated carbocycles. The Hall–Kier alpha value is 0.480. The van der Waals surface area contributed by atoms with Gasteiger partial charge in [0.2, 0.25) is 0 Å². The maximum absolute atomic E-state index is 9.66. The average molecular weight is 259 g/mol. The zero-order chi connectivity index (χ0) is 10.6. The Morgan fingerprint density at radius 3 is 2.67 bits per heavy atom. The molecular weight excluding hydrogens is 240 g/mol. The number of rotatable bonds is 5. The topological polar surface area (TPSA) is 69.9 Å². The number of hydrogen-bond acceptors (Lipinski definition) is 4. The molecular formula is C9H19ClO4S. The molecule has 0 amide bonds. The smallest absolute Gasteiger partial charge is 0.134 e. The van der Waals surface area contributed by atoms with Crippen LogP contribution in [0.1, 0.15) is 0 Å². The summed E-state index contributed by atoms with van der Waals surface area (Å²) in [6, 6.07) is 0. The molecule has 1 saturated heterocycles. The van der Waals surface area contributed by atoms with Gasteiger partial charge in [-0.1, -0.05) is 0 Å². The largest absolute Gasteiger partial charge is 1.00 e. The molecule has 3 N–H and O–H groups in total. The van der Waals surface area contributed by atoms with E-state index in [-0.39, 0.29) is 35.8 Å². The van der Waals surface area contributed by atoms with E-state index in [0.29, 0.717) is 6.61 Å². The molecule has 0 bridgehead atoms. The summed E-state index contributed by atoms with van der Waals surface area (Å²) < 4.78 is 4.97. The third kappa shape index (κ3) is 4.46. The minimum Gasteiger partial charge on any atom is -1.00 e. The molecule has 92 valence electrons. The summed E-state index contributed by atoms with van der Waals surface area (Å²) >= 11 is 0. The second-order valence-corrected chi connectivity index (χ2v) is 5.92. The van der Waals surface area contributed by atoms with Crippen LogP contribution in [0.2, 0.25) is 0 Å². The molecule has 0 spiro atoms. The van der Waals surface area contributed by atoms with E-state index in [2.05, 4.69) is 0 Å². The van der Waals surface area contributed by atoms with E-state index >= 15 is 0 Å². The van der Waals surface area contributed by atoms with Gasteiger partial charge in [0.1, 0.15) is 23.4 Å². The highest BCUT2D eigenvalue weighted by Crippen LogP contribution is 2.24. The Kier molecular flexibility index (Phi) is 7.95. The Morgan fingerprint density at radius 1 is 1.47 bits per heavy atom. The van der Waals surface area contributed by atoms with E-state index < -0.39 is 12.2 Å². The van der Waals surface area contributed by atoms with Crippen LogP contribution in [0, 0.1) is 5.92 Å². The molecule has 1 fully saturated rings. The minimum absolute atomic E-state index is 0. The van der Waals surface area contributed by atoms with E-state index in [1.54, 1.807) is 7.11 Å². The monoisotopic (exact) mass is 258 g/mol. The van der Waals surface area contributed by atoms with E-state index in [0.717, 1.165) is 17.3 Å². The van der Waals surface area contributed by atoms with Crippen molar-refractivity contribution in [2.75, 3.05) is 37.6 Å². The van der Waals surface area contributed by atoms with Crippen LogP contribution in [0.3, 0.4) is 0 Å². The molecule has 1 heterocycles. The van der Waals surface area contributed by atoms with Gasteiger partial charge in [-0.2, -0.15) is 0 Å². The van der Waals surface area contributed by atoms with Crippen LogP contribution < -0.4 is 12.4 Å². The first kappa shape index (κ1) is 15.5. The third-order valence-electron chi connectivity index (χ3n) is 2.59. The fourth-order valence-electron chi connectivity index (χ4n) is 1.69. The van der Waals surface area contributed by atoms with Crippen molar-refractivity contribution in [2.45, 2.75) is 12.2 Å². The second kappa shape index (κ2) is 7.70. The summed E-state index contributed by atoms with van der Waals surface area (Å²) in [5.41, 5.74) is 0. The normalized spacial score (nSPS) is 32.4. The van der Waals surface area contributed by atoms with Gasteiger partial charge in [-0.25, -0.2) is 0 Å². The van der Waals surface area contributed by atoms with Gasteiger partial charge in [-0.05, 0) is 10.9 Å². The first-order valence-electron chi connectivity index (χ1n) is 4.79. The Morgan fingerprint density at radius 2 is 2.13 bits per heavy atom. The molecule has 1 aliphatic heterocycles. The van der Waals surface area contributed by atoms with Crippen molar-refractivity contribution in [3.05, 3.63) is 0 Å².